The van der Waals surface area contributed by atoms with Crippen LogP contribution >= 0.6 is 0 Å². The average Bonchev–Trinajstić information content (AvgIpc) is 2.97. The summed E-state index contributed by atoms with van der Waals surface area (Å²) in [6.07, 6.45) is 8.37. The first kappa shape index (κ1) is 16.9. The first-order valence-electron chi connectivity index (χ1n) is 9.05. The van der Waals surface area contributed by atoms with Crippen molar-refractivity contribution >= 4 is 11.0 Å². The van der Waals surface area contributed by atoms with E-state index in [0.717, 1.165) is 42.8 Å². The molecule has 134 valence electrons. The molecule has 0 amide bonds. The van der Waals surface area contributed by atoms with E-state index in [1.54, 1.807) is 12.4 Å². The third kappa shape index (κ3) is 2.83. The highest BCUT2D eigenvalue weighted by Gasteiger charge is 2.28. The molecule has 5 heteroatoms. The summed E-state index contributed by atoms with van der Waals surface area (Å²) in [6, 6.07) is 6.02. The van der Waals surface area contributed by atoms with Crippen LogP contribution in [0.4, 0.5) is 0 Å². The summed E-state index contributed by atoms with van der Waals surface area (Å²) in [4.78, 5) is 11.3. The first-order chi connectivity index (χ1) is 12.7. The van der Waals surface area contributed by atoms with Gasteiger partial charge in [-0.3, -0.25) is 9.88 Å². The molecule has 0 fully saturated rings. The molecule has 1 N–H and O–H groups in total. The monoisotopic (exact) mass is 348 g/mol. The zero-order valence-electron chi connectivity index (χ0n) is 15.1. The van der Waals surface area contributed by atoms with E-state index in [4.69, 9.17) is 4.98 Å². The summed E-state index contributed by atoms with van der Waals surface area (Å²) in [5, 5.41) is 11.4. The zero-order chi connectivity index (χ0) is 18.1. The number of aryl methyl sites for hydroxylation is 1. The molecule has 0 radical (unpaired) electrons. The molecule has 0 aliphatic carbocycles. The van der Waals surface area contributed by atoms with Crippen LogP contribution in [0.2, 0.25) is 0 Å². The SMILES string of the molecule is C=CCN1CCc2c(c3cc(C)cnc3n2C(CO)c2ccncc2)C1. The molecule has 0 bridgehead atoms. The van der Waals surface area contributed by atoms with Crippen molar-refractivity contribution in [1.29, 1.82) is 0 Å². The number of nitrogens with zero attached hydrogens (tertiary/aromatic N) is 4. The first-order valence-corrected chi connectivity index (χ1v) is 9.05. The number of aromatic nitrogens is 3. The third-order valence-electron chi connectivity index (χ3n) is 5.21. The quantitative estimate of drug-likeness (QED) is 0.721. The number of hydrogen-bond donors (Lipinski definition) is 1. The van der Waals surface area contributed by atoms with Crippen molar-refractivity contribution in [2.24, 2.45) is 0 Å². The van der Waals surface area contributed by atoms with Gasteiger partial charge in [0.2, 0.25) is 0 Å². The van der Waals surface area contributed by atoms with Crippen molar-refractivity contribution in [1.82, 2.24) is 19.4 Å². The van der Waals surface area contributed by atoms with E-state index in [1.807, 2.05) is 24.4 Å². The summed E-state index contributed by atoms with van der Waals surface area (Å²) < 4.78 is 2.24. The Morgan fingerprint density at radius 3 is 2.88 bits per heavy atom. The van der Waals surface area contributed by atoms with Gasteiger partial charge in [-0.1, -0.05) is 6.08 Å². The standard InChI is InChI=1S/C21H24N4O/c1-3-9-24-10-6-19-18(13-24)17-11-15(2)12-23-21(17)25(19)20(14-26)16-4-7-22-8-5-16/h3-5,7-8,11-12,20,26H,1,6,9-10,13-14H2,2H3. The highest BCUT2D eigenvalue weighted by molar-refractivity contribution is 5.83. The van der Waals surface area contributed by atoms with Crippen LogP contribution in [-0.2, 0) is 13.0 Å². The van der Waals surface area contributed by atoms with Crippen LogP contribution in [0.5, 0.6) is 0 Å². The Balaban J connectivity index is 1.91. The van der Waals surface area contributed by atoms with Crippen molar-refractivity contribution in [3.05, 3.63) is 71.8 Å². The second-order valence-electron chi connectivity index (χ2n) is 6.93. The Kier molecular flexibility index (Phi) is 4.57. The predicted molar refractivity (Wildman–Crippen MR) is 103 cm³/mol. The molecule has 1 aliphatic rings. The van der Waals surface area contributed by atoms with Crippen molar-refractivity contribution in [3.8, 4) is 0 Å². The highest BCUT2D eigenvalue weighted by Crippen LogP contribution is 2.34. The number of fused-ring (bicyclic) bond motifs is 3. The fourth-order valence-corrected chi connectivity index (χ4v) is 4.02. The lowest BCUT2D eigenvalue weighted by molar-refractivity contribution is 0.242. The molecule has 26 heavy (non-hydrogen) atoms. The van der Waals surface area contributed by atoms with Gasteiger partial charge in [0.15, 0.2) is 0 Å². The summed E-state index contributed by atoms with van der Waals surface area (Å²) >= 11 is 0. The van der Waals surface area contributed by atoms with Gasteiger partial charge in [0.05, 0.1) is 12.6 Å². The predicted octanol–water partition coefficient (Wildman–Crippen LogP) is 2.87. The fraction of sp³-hybridized carbons (Fsp3) is 0.333. The second-order valence-corrected chi connectivity index (χ2v) is 6.93. The van der Waals surface area contributed by atoms with Crippen LogP contribution < -0.4 is 0 Å². The molecule has 1 atom stereocenters. The van der Waals surface area contributed by atoms with E-state index in [2.05, 4.69) is 34.0 Å². The van der Waals surface area contributed by atoms with E-state index >= 15 is 0 Å². The van der Waals surface area contributed by atoms with Crippen LogP contribution in [0.1, 0.15) is 28.4 Å². The molecule has 0 saturated heterocycles. The zero-order valence-corrected chi connectivity index (χ0v) is 15.1. The van der Waals surface area contributed by atoms with Gasteiger partial charge in [0, 0.05) is 55.7 Å². The van der Waals surface area contributed by atoms with Gasteiger partial charge in [-0.15, -0.1) is 6.58 Å². The summed E-state index contributed by atoms with van der Waals surface area (Å²) in [6.45, 7) is 8.76. The average molecular weight is 348 g/mol. The maximum atomic E-state index is 10.2. The molecule has 4 heterocycles. The Morgan fingerprint density at radius 1 is 1.35 bits per heavy atom. The number of aliphatic hydroxyl groups is 1. The Hall–Kier alpha value is -2.50. The van der Waals surface area contributed by atoms with Gasteiger partial charge in [-0.25, -0.2) is 4.98 Å². The molecule has 0 spiro atoms. The van der Waals surface area contributed by atoms with Gasteiger partial charge < -0.3 is 9.67 Å². The summed E-state index contributed by atoms with van der Waals surface area (Å²) in [5.74, 6) is 0. The van der Waals surface area contributed by atoms with E-state index in [9.17, 15) is 5.11 Å². The maximum absolute atomic E-state index is 10.2. The Bertz CT molecular complexity index is 932. The molecule has 1 aliphatic heterocycles. The van der Waals surface area contributed by atoms with Crippen molar-refractivity contribution in [2.45, 2.75) is 25.9 Å². The van der Waals surface area contributed by atoms with Gasteiger partial charge in [-0.05, 0) is 41.8 Å². The number of pyridine rings is 2. The van der Waals surface area contributed by atoms with Crippen LogP contribution in [0.15, 0.2) is 49.4 Å². The Labute approximate surface area is 153 Å². The molecular formula is C21H24N4O. The third-order valence-corrected chi connectivity index (χ3v) is 5.21. The molecule has 5 nitrogen and oxygen atoms in total. The van der Waals surface area contributed by atoms with E-state index < -0.39 is 0 Å². The van der Waals surface area contributed by atoms with Gasteiger partial charge in [0.1, 0.15) is 5.65 Å². The Morgan fingerprint density at radius 2 is 2.15 bits per heavy atom. The van der Waals surface area contributed by atoms with Gasteiger partial charge in [0.25, 0.3) is 0 Å². The molecule has 0 aromatic carbocycles. The fourth-order valence-electron chi connectivity index (χ4n) is 4.02. The van der Waals surface area contributed by atoms with Gasteiger partial charge in [-0.2, -0.15) is 0 Å². The minimum absolute atomic E-state index is 0.0339. The van der Waals surface area contributed by atoms with Gasteiger partial charge >= 0.3 is 0 Å². The van der Waals surface area contributed by atoms with Crippen LogP contribution in [0.3, 0.4) is 0 Å². The molecule has 0 saturated carbocycles. The lowest BCUT2D eigenvalue weighted by atomic mass is 10.0. The van der Waals surface area contributed by atoms with E-state index in [1.165, 1.54) is 16.6 Å². The van der Waals surface area contributed by atoms with E-state index in [0.29, 0.717) is 0 Å². The van der Waals surface area contributed by atoms with Crippen LogP contribution in [0.25, 0.3) is 11.0 Å². The molecule has 3 aromatic rings. The number of rotatable bonds is 5. The molecule has 3 aromatic heterocycles. The van der Waals surface area contributed by atoms with Crippen molar-refractivity contribution in [2.75, 3.05) is 19.7 Å². The van der Waals surface area contributed by atoms with E-state index in [-0.39, 0.29) is 12.6 Å². The normalized spacial score (nSPS) is 15.8. The lowest BCUT2D eigenvalue weighted by Gasteiger charge is -2.28. The molecule has 4 rings (SSSR count). The highest BCUT2D eigenvalue weighted by atomic mass is 16.3. The molecule has 1 unspecified atom stereocenters. The summed E-state index contributed by atoms with van der Waals surface area (Å²) in [5.41, 5.74) is 5.78. The minimum atomic E-state index is -0.148. The number of hydrogen-bond acceptors (Lipinski definition) is 4. The van der Waals surface area contributed by atoms with Crippen molar-refractivity contribution < 1.29 is 5.11 Å². The molecular weight excluding hydrogens is 324 g/mol. The smallest absolute Gasteiger partial charge is 0.141 e. The summed E-state index contributed by atoms with van der Waals surface area (Å²) in [7, 11) is 0. The largest absolute Gasteiger partial charge is 0.394 e. The lowest BCUT2D eigenvalue weighted by Crippen LogP contribution is -2.32. The second kappa shape index (κ2) is 7.02. The van der Waals surface area contributed by atoms with Crippen molar-refractivity contribution in [3.63, 3.8) is 0 Å². The topological polar surface area (TPSA) is 54.2 Å². The maximum Gasteiger partial charge on any atom is 0.141 e. The minimum Gasteiger partial charge on any atom is -0.394 e. The van der Waals surface area contributed by atoms with Crippen LogP contribution in [-0.4, -0.2) is 44.2 Å². The van der Waals surface area contributed by atoms with Crippen LogP contribution in [0, 0.1) is 6.92 Å². The number of aliphatic hydroxyl groups excluding tert-OH is 1.